The highest BCUT2D eigenvalue weighted by atomic mass is 79.9. The number of halogens is 2. The molecule has 0 spiro atoms. The first-order valence-corrected chi connectivity index (χ1v) is 8.28. The van der Waals surface area contributed by atoms with Crippen LogP contribution in [0.1, 0.15) is 37.7 Å². The summed E-state index contributed by atoms with van der Waals surface area (Å²) in [6, 6.07) is 7.72. The van der Waals surface area contributed by atoms with Gasteiger partial charge in [0.2, 0.25) is 0 Å². The number of nitrogens with zero attached hydrogens (tertiary/aromatic N) is 2. The van der Waals surface area contributed by atoms with Crippen LogP contribution in [-0.2, 0) is 25.0 Å². The highest BCUT2D eigenvalue weighted by molar-refractivity contribution is 9.10. The summed E-state index contributed by atoms with van der Waals surface area (Å²) in [7, 11) is 0. The highest BCUT2D eigenvalue weighted by Crippen LogP contribution is 2.31. The lowest BCUT2D eigenvalue weighted by Gasteiger charge is -2.24. The van der Waals surface area contributed by atoms with Crippen molar-refractivity contribution in [3.63, 3.8) is 0 Å². The largest absolute Gasteiger partial charge is 0.385 e. The van der Waals surface area contributed by atoms with Gasteiger partial charge in [-0.05, 0) is 38.0 Å². The molecule has 0 aliphatic carbocycles. The normalized spacial score (nSPS) is 14.2. The van der Waals surface area contributed by atoms with E-state index in [2.05, 4.69) is 21.0 Å². The van der Waals surface area contributed by atoms with E-state index < -0.39 is 5.60 Å². The molecule has 2 aromatic rings. The summed E-state index contributed by atoms with van der Waals surface area (Å²) < 4.78 is 2.83. The molecule has 0 saturated heterocycles. The molecule has 0 radical (unpaired) electrons. The average molecular weight is 372 g/mol. The second-order valence-electron chi connectivity index (χ2n) is 5.34. The monoisotopic (exact) mass is 370 g/mol. The lowest BCUT2D eigenvalue weighted by atomic mass is 9.91. The van der Waals surface area contributed by atoms with Gasteiger partial charge in [0.1, 0.15) is 0 Å². The molecule has 5 heteroatoms. The minimum atomic E-state index is -0.995. The fourth-order valence-electron chi connectivity index (χ4n) is 2.44. The van der Waals surface area contributed by atoms with Crippen LogP contribution in [0, 0.1) is 0 Å². The molecule has 114 valence electrons. The molecule has 2 rings (SSSR count). The highest BCUT2D eigenvalue weighted by Gasteiger charge is 2.28. The van der Waals surface area contributed by atoms with E-state index in [-0.39, 0.29) is 0 Å². The SMILES string of the molecule is CCc1nn(CC)c(CC(C)(O)c2cccc(Br)c2)c1Cl. The van der Waals surface area contributed by atoms with Crippen LogP contribution in [0.25, 0.3) is 0 Å². The van der Waals surface area contributed by atoms with Gasteiger partial charge < -0.3 is 5.11 Å². The van der Waals surface area contributed by atoms with Crippen LogP contribution in [0.3, 0.4) is 0 Å². The Labute approximate surface area is 139 Å². The maximum atomic E-state index is 10.9. The molecule has 1 heterocycles. The second-order valence-corrected chi connectivity index (χ2v) is 6.63. The van der Waals surface area contributed by atoms with Gasteiger partial charge in [-0.1, -0.05) is 46.6 Å². The number of hydrogen-bond donors (Lipinski definition) is 1. The molecule has 1 N–H and O–H groups in total. The van der Waals surface area contributed by atoms with Gasteiger partial charge in [-0.15, -0.1) is 0 Å². The summed E-state index contributed by atoms with van der Waals surface area (Å²) in [5.74, 6) is 0. The van der Waals surface area contributed by atoms with Gasteiger partial charge in [0, 0.05) is 17.4 Å². The first-order chi connectivity index (χ1) is 9.89. The van der Waals surface area contributed by atoms with Crippen molar-refractivity contribution in [3.8, 4) is 0 Å². The Balaban J connectivity index is 2.38. The van der Waals surface area contributed by atoms with Crippen molar-refractivity contribution < 1.29 is 5.11 Å². The molecule has 0 saturated carbocycles. The van der Waals surface area contributed by atoms with Crippen LogP contribution in [0.2, 0.25) is 5.02 Å². The van der Waals surface area contributed by atoms with Crippen molar-refractivity contribution in [3.05, 3.63) is 50.7 Å². The molecular formula is C16H20BrClN2O. The Kier molecular flexibility index (Phi) is 5.12. The molecule has 3 nitrogen and oxygen atoms in total. The number of aryl methyl sites for hydroxylation is 2. The van der Waals surface area contributed by atoms with Crippen molar-refractivity contribution in [2.75, 3.05) is 0 Å². The van der Waals surface area contributed by atoms with Crippen molar-refractivity contribution >= 4 is 27.5 Å². The minimum absolute atomic E-state index is 0.434. The smallest absolute Gasteiger partial charge is 0.0924 e. The molecule has 21 heavy (non-hydrogen) atoms. The summed E-state index contributed by atoms with van der Waals surface area (Å²) >= 11 is 9.87. The standard InChI is InChI=1S/C16H20BrClN2O/c1-4-13-15(18)14(20(5-2)19-13)10-16(3,21)11-7-6-8-12(17)9-11/h6-9,21H,4-5,10H2,1-3H3. The van der Waals surface area contributed by atoms with Gasteiger partial charge in [-0.25, -0.2) is 0 Å². The summed E-state index contributed by atoms with van der Waals surface area (Å²) in [4.78, 5) is 0. The fraction of sp³-hybridized carbons (Fsp3) is 0.438. The lowest BCUT2D eigenvalue weighted by molar-refractivity contribution is 0.0553. The Bertz CT molecular complexity index is 637. The van der Waals surface area contributed by atoms with E-state index in [0.717, 1.165) is 34.4 Å². The third-order valence-electron chi connectivity index (χ3n) is 3.65. The van der Waals surface area contributed by atoms with Crippen LogP contribution in [-0.4, -0.2) is 14.9 Å². The van der Waals surface area contributed by atoms with Crippen LogP contribution in [0.15, 0.2) is 28.7 Å². The van der Waals surface area contributed by atoms with Gasteiger partial charge in [-0.3, -0.25) is 4.68 Å². The van der Waals surface area contributed by atoms with E-state index in [4.69, 9.17) is 11.6 Å². The first-order valence-electron chi connectivity index (χ1n) is 7.11. The van der Waals surface area contributed by atoms with Gasteiger partial charge in [0.25, 0.3) is 0 Å². The van der Waals surface area contributed by atoms with E-state index >= 15 is 0 Å². The van der Waals surface area contributed by atoms with Gasteiger partial charge in [0.05, 0.1) is 22.0 Å². The summed E-state index contributed by atoms with van der Waals surface area (Å²) in [6.07, 6.45) is 1.22. The number of benzene rings is 1. The number of aliphatic hydroxyl groups is 1. The molecule has 1 unspecified atom stereocenters. The maximum Gasteiger partial charge on any atom is 0.0924 e. The molecule has 0 amide bonds. The zero-order valence-corrected chi connectivity index (χ0v) is 14.9. The van der Waals surface area contributed by atoms with Crippen LogP contribution < -0.4 is 0 Å². The first kappa shape index (κ1) is 16.5. The van der Waals surface area contributed by atoms with Crippen molar-refractivity contribution in [2.45, 2.75) is 45.8 Å². The maximum absolute atomic E-state index is 10.9. The molecule has 0 aliphatic rings. The third-order valence-corrected chi connectivity index (χ3v) is 4.58. The Morgan fingerprint density at radius 3 is 2.67 bits per heavy atom. The molecule has 1 atom stereocenters. The molecule has 1 aromatic carbocycles. The summed E-state index contributed by atoms with van der Waals surface area (Å²) in [6.45, 7) is 6.61. The average Bonchev–Trinajstić information content (AvgIpc) is 2.75. The van der Waals surface area contributed by atoms with E-state index in [1.54, 1.807) is 0 Å². The quantitative estimate of drug-likeness (QED) is 0.849. The molecule has 0 fully saturated rings. The zero-order valence-electron chi connectivity index (χ0n) is 12.5. The van der Waals surface area contributed by atoms with Crippen molar-refractivity contribution in [1.82, 2.24) is 9.78 Å². The van der Waals surface area contributed by atoms with Crippen molar-refractivity contribution in [2.24, 2.45) is 0 Å². The molecule has 0 bridgehead atoms. The Morgan fingerprint density at radius 1 is 1.38 bits per heavy atom. The molecule has 1 aromatic heterocycles. The number of rotatable bonds is 5. The third kappa shape index (κ3) is 3.50. The van der Waals surface area contributed by atoms with Gasteiger partial charge in [-0.2, -0.15) is 5.10 Å². The van der Waals surface area contributed by atoms with Crippen molar-refractivity contribution in [1.29, 1.82) is 0 Å². The lowest BCUT2D eigenvalue weighted by Crippen LogP contribution is -2.26. The number of aromatic nitrogens is 2. The summed E-state index contributed by atoms with van der Waals surface area (Å²) in [5.41, 5.74) is 1.64. The second kappa shape index (κ2) is 6.51. The molecular weight excluding hydrogens is 352 g/mol. The van der Waals surface area contributed by atoms with E-state index in [9.17, 15) is 5.11 Å². The molecule has 0 aliphatic heterocycles. The summed E-state index contributed by atoms with van der Waals surface area (Å²) in [5, 5.41) is 16.1. The predicted molar refractivity (Wildman–Crippen MR) is 89.7 cm³/mol. The Morgan fingerprint density at radius 2 is 2.10 bits per heavy atom. The van der Waals surface area contributed by atoms with E-state index in [1.165, 1.54) is 0 Å². The fourth-order valence-corrected chi connectivity index (χ4v) is 3.17. The van der Waals surface area contributed by atoms with Gasteiger partial charge >= 0.3 is 0 Å². The van der Waals surface area contributed by atoms with Crippen LogP contribution in [0.5, 0.6) is 0 Å². The predicted octanol–water partition coefficient (Wildman–Crippen LogP) is 4.33. The van der Waals surface area contributed by atoms with Crippen LogP contribution >= 0.6 is 27.5 Å². The number of hydrogen-bond acceptors (Lipinski definition) is 2. The minimum Gasteiger partial charge on any atom is -0.385 e. The topological polar surface area (TPSA) is 38.0 Å². The zero-order chi connectivity index (χ0) is 15.6. The van der Waals surface area contributed by atoms with E-state index in [1.807, 2.05) is 49.7 Å². The van der Waals surface area contributed by atoms with E-state index in [0.29, 0.717) is 11.4 Å². The van der Waals surface area contributed by atoms with Gasteiger partial charge in [0.15, 0.2) is 0 Å². The Hall–Kier alpha value is -0.840. The van der Waals surface area contributed by atoms with Crippen LogP contribution in [0.4, 0.5) is 0 Å².